The largest absolute Gasteiger partial charge is 0.233 e. The molecule has 0 saturated heterocycles. The third-order valence-electron chi connectivity index (χ3n) is 0.951. The first kappa shape index (κ1) is 3.38. The molecule has 7 heavy (non-hydrogen) atoms. The number of fused-ring (bicyclic) bond motifs is 1. The number of aromatic nitrogens is 2. The van der Waals surface area contributed by atoms with Crippen LogP contribution >= 0.6 is 11.6 Å². The molecule has 0 N–H and O–H groups in total. The Hall–Kier alpha value is -0.630. The molecule has 0 spiro atoms. The molecule has 3 heteroatoms. The fourth-order valence-electron chi connectivity index (χ4n) is 0.527. The van der Waals surface area contributed by atoms with Gasteiger partial charge in [0.2, 0.25) is 0 Å². The van der Waals surface area contributed by atoms with Gasteiger partial charge in [0.25, 0.3) is 0 Å². The van der Waals surface area contributed by atoms with Gasteiger partial charge < -0.3 is 0 Å². The van der Waals surface area contributed by atoms with Gasteiger partial charge in [0.05, 0.1) is 5.02 Å². The smallest absolute Gasteiger partial charge is 0.117 e. The Morgan fingerprint density at radius 2 is 1.86 bits per heavy atom. The second-order valence-corrected chi connectivity index (χ2v) is 1.76. The van der Waals surface area contributed by atoms with Crippen molar-refractivity contribution in [1.29, 1.82) is 0 Å². The van der Waals surface area contributed by atoms with Crippen LogP contribution in [0, 0.1) is 0 Å². The van der Waals surface area contributed by atoms with Crippen LogP contribution in [0.5, 0.6) is 0 Å². The Labute approximate surface area is 45.2 Å². The van der Waals surface area contributed by atoms with Crippen LogP contribution in [0.4, 0.5) is 0 Å². The van der Waals surface area contributed by atoms with Gasteiger partial charge in [0.1, 0.15) is 17.7 Å². The number of halogens is 1. The average Bonchev–Trinajstić information content (AvgIpc) is 2.26. The van der Waals surface area contributed by atoms with E-state index in [9.17, 15) is 0 Å². The van der Waals surface area contributed by atoms with E-state index in [1.807, 2.05) is 0 Å². The minimum atomic E-state index is 0.738. The molecule has 0 fully saturated rings. The highest BCUT2D eigenvalue weighted by atomic mass is 35.5. The van der Waals surface area contributed by atoms with Crippen molar-refractivity contribution in [2.45, 2.75) is 0 Å². The summed E-state index contributed by atoms with van der Waals surface area (Å²) in [5, 5.41) is 0.738. The van der Waals surface area contributed by atoms with Crippen LogP contribution < -0.4 is 0 Å². The van der Waals surface area contributed by atoms with Crippen LogP contribution in [-0.4, -0.2) is 9.97 Å². The maximum absolute atomic E-state index is 5.49. The number of hydrogen-bond acceptors (Lipinski definition) is 2. The standard InChI is InChI=1S/C4HClN2/c5-2-3-4(2)7-1-6-3/h1H. The molecule has 2 nitrogen and oxygen atoms in total. The maximum Gasteiger partial charge on any atom is 0.117 e. The van der Waals surface area contributed by atoms with Gasteiger partial charge in [-0.15, -0.1) is 0 Å². The van der Waals surface area contributed by atoms with Crippen LogP contribution in [0.25, 0.3) is 11.4 Å². The van der Waals surface area contributed by atoms with Crippen LogP contribution in [0.3, 0.4) is 0 Å². The fraction of sp³-hybridized carbons (Fsp3) is 0. The quantitative estimate of drug-likeness (QED) is 0.510. The van der Waals surface area contributed by atoms with Crippen molar-refractivity contribution in [3.63, 3.8) is 0 Å². The minimum absolute atomic E-state index is 0.738. The maximum atomic E-state index is 5.49. The van der Waals surface area contributed by atoms with Crippen molar-refractivity contribution >= 4 is 11.6 Å². The molecule has 0 atom stereocenters. The molecule has 0 aromatic heterocycles. The molecule has 0 radical (unpaired) electrons. The van der Waals surface area contributed by atoms with Gasteiger partial charge in [-0.1, -0.05) is 11.6 Å². The Morgan fingerprint density at radius 1 is 1.29 bits per heavy atom. The molecule has 34 valence electrons. The van der Waals surface area contributed by atoms with E-state index in [-0.39, 0.29) is 0 Å². The second-order valence-electron chi connectivity index (χ2n) is 1.38. The summed E-state index contributed by atoms with van der Waals surface area (Å²) in [5.74, 6) is 0. The molecule has 0 unspecified atom stereocenters. The van der Waals surface area contributed by atoms with Crippen molar-refractivity contribution in [2.75, 3.05) is 0 Å². The Balaban J connectivity index is 2.78. The summed E-state index contributed by atoms with van der Waals surface area (Å²) in [6, 6.07) is 0. The van der Waals surface area contributed by atoms with Gasteiger partial charge in [-0.05, 0) is 0 Å². The second kappa shape index (κ2) is 0.793. The minimum Gasteiger partial charge on any atom is -0.233 e. The lowest BCUT2D eigenvalue weighted by molar-refractivity contribution is 1.32. The zero-order valence-corrected chi connectivity index (χ0v) is 4.11. The molecule has 2 rings (SSSR count). The normalized spacial score (nSPS) is 11.6. The Bertz CT molecular complexity index is 201. The van der Waals surface area contributed by atoms with Crippen molar-refractivity contribution < 1.29 is 0 Å². The highest BCUT2D eigenvalue weighted by Gasteiger charge is 2.25. The van der Waals surface area contributed by atoms with E-state index in [2.05, 4.69) is 9.97 Å². The molecular weight excluding hydrogens is 112 g/mol. The Morgan fingerprint density at radius 3 is 2.14 bits per heavy atom. The third-order valence-corrected chi connectivity index (χ3v) is 1.31. The average molecular weight is 113 g/mol. The van der Waals surface area contributed by atoms with Gasteiger partial charge in [-0.2, -0.15) is 0 Å². The molecule has 2 aliphatic rings. The van der Waals surface area contributed by atoms with Gasteiger partial charge in [0, 0.05) is 0 Å². The highest BCUT2D eigenvalue weighted by Crippen LogP contribution is 2.42. The van der Waals surface area contributed by atoms with Crippen LogP contribution in [0.15, 0.2) is 6.33 Å². The first-order valence-corrected chi connectivity index (χ1v) is 2.28. The number of rotatable bonds is 0. The summed E-state index contributed by atoms with van der Waals surface area (Å²) in [5.41, 5.74) is 1.75. The highest BCUT2D eigenvalue weighted by molar-refractivity contribution is 6.40. The molecule has 1 heterocycles. The molecular formula is C4HClN2. The predicted molar refractivity (Wildman–Crippen MR) is 26.0 cm³/mol. The molecule has 0 saturated carbocycles. The van der Waals surface area contributed by atoms with Gasteiger partial charge in [0.15, 0.2) is 0 Å². The van der Waals surface area contributed by atoms with Crippen LogP contribution in [0.1, 0.15) is 0 Å². The van der Waals surface area contributed by atoms with Crippen LogP contribution in [-0.2, 0) is 0 Å². The van der Waals surface area contributed by atoms with Gasteiger partial charge >= 0.3 is 0 Å². The summed E-state index contributed by atoms with van der Waals surface area (Å²) in [6.45, 7) is 0. The van der Waals surface area contributed by atoms with E-state index in [0.717, 1.165) is 16.4 Å². The van der Waals surface area contributed by atoms with Crippen molar-refractivity contribution in [2.24, 2.45) is 0 Å². The number of nitrogens with zero attached hydrogens (tertiary/aromatic N) is 2. The number of imidazole rings is 1. The summed E-state index contributed by atoms with van der Waals surface area (Å²) in [7, 11) is 0. The van der Waals surface area contributed by atoms with Crippen molar-refractivity contribution in [3.8, 4) is 11.4 Å². The zero-order valence-electron chi connectivity index (χ0n) is 3.35. The van der Waals surface area contributed by atoms with Crippen molar-refractivity contribution in [3.05, 3.63) is 11.3 Å². The number of hydrogen-bond donors (Lipinski definition) is 0. The van der Waals surface area contributed by atoms with E-state index in [1.165, 1.54) is 6.33 Å². The monoisotopic (exact) mass is 112 g/mol. The van der Waals surface area contributed by atoms with E-state index in [1.54, 1.807) is 0 Å². The van der Waals surface area contributed by atoms with Crippen molar-refractivity contribution in [1.82, 2.24) is 9.97 Å². The summed E-state index contributed by atoms with van der Waals surface area (Å²) >= 11 is 5.49. The third kappa shape index (κ3) is 0.258. The van der Waals surface area contributed by atoms with E-state index >= 15 is 0 Å². The Kier molecular flexibility index (Phi) is 0.383. The molecule has 0 amide bonds. The summed E-state index contributed by atoms with van der Waals surface area (Å²) in [4.78, 5) is 7.62. The predicted octanol–water partition coefficient (Wildman–Crippen LogP) is 1.11. The van der Waals surface area contributed by atoms with E-state index in [4.69, 9.17) is 11.6 Å². The van der Waals surface area contributed by atoms with Gasteiger partial charge in [-0.3, -0.25) is 0 Å². The van der Waals surface area contributed by atoms with Gasteiger partial charge in [-0.25, -0.2) is 9.97 Å². The lowest BCUT2D eigenvalue weighted by atomic mass is 10.8. The zero-order chi connectivity index (χ0) is 4.85. The first-order chi connectivity index (χ1) is 3.39. The lowest BCUT2D eigenvalue weighted by Crippen LogP contribution is -1.51. The lowest BCUT2D eigenvalue weighted by Gasteiger charge is -1.55. The molecule has 0 aromatic rings. The van der Waals surface area contributed by atoms with E-state index in [0.29, 0.717) is 0 Å². The molecule has 0 bridgehead atoms. The first-order valence-electron chi connectivity index (χ1n) is 1.90. The fourth-order valence-corrected chi connectivity index (χ4v) is 0.756. The summed E-state index contributed by atoms with van der Waals surface area (Å²) < 4.78 is 0. The molecule has 1 aliphatic carbocycles. The molecule has 0 aromatic carbocycles. The SMILES string of the molecule is Clc1c2ncnc1-2. The topological polar surface area (TPSA) is 25.8 Å². The van der Waals surface area contributed by atoms with Crippen LogP contribution in [0.2, 0.25) is 5.02 Å². The van der Waals surface area contributed by atoms with E-state index < -0.39 is 0 Å². The summed E-state index contributed by atoms with van der Waals surface area (Å²) in [6.07, 6.45) is 1.51. The molecule has 1 aliphatic heterocycles.